The molecule has 1 aliphatic rings. The minimum Gasteiger partial charge on any atom is -0.368 e. The van der Waals surface area contributed by atoms with Crippen LogP contribution >= 0.6 is 11.6 Å². The standard InChI is InChI=1S/C6H11ClO/c1-4-5(8-4)6(2,3)7/h4-5H,1-3H3. The molecule has 0 aromatic carbocycles. The van der Waals surface area contributed by atoms with E-state index < -0.39 is 0 Å². The van der Waals surface area contributed by atoms with Gasteiger partial charge in [0, 0.05) is 0 Å². The molecule has 0 spiro atoms. The van der Waals surface area contributed by atoms with Crippen molar-refractivity contribution in [3.8, 4) is 0 Å². The normalized spacial score (nSPS) is 37.5. The minimum atomic E-state index is -0.167. The molecule has 0 amide bonds. The number of hydrogen-bond donors (Lipinski definition) is 0. The minimum absolute atomic E-state index is 0.167. The number of hydrogen-bond acceptors (Lipinski definition) is 1. The first-order valence-corrected chi connectivity index (χ1v) is 3.24. The molecule has 1 nitrogen and oxygen atoms in total. The Morgan fingerprint density at radius 2 is 1.88 bits per heavy atom. The Labute approximate surface area is 55.0 Å². The smallest absolute Gasteiger partial charge is 0.102 e. The Morgan fingerprint density at radius 3 is 1.88 bits per heavy atom. The molecule has 2 heteroatoms. The summed E-state index contributed by atoms with van der Waals surface area (Å²) in [4.78, 5) is -0.167. The lowest BCUT2D eigenvalue weighted by molar-refractivity contribution is 0.350. The molecule has 0 bridgehead atoms. The van der Waals surface area contributed by atoms with Crippen LogP contribution in [-0.2, 0) is 4.74 Å². The van der Waals surface area contributed by atoms with Crippen molar-refractivity contribution in [2.24, 2.45) is 0 Å². The molecule has 1 heterocycles. The van der Waals surface area contributed by atoms with Gasteiger partial charge in [-0.3, -0.25) is 0 Å². The zero-order valence-electron chi connectivity index (χ0n) is 5.44. The highest BCUT2D eigenvalue weighted by atomic mass is 35.5. The monoisotopic (exact) mass is 134 g/mol. The van der Waals surface area contributed by atoms with Gasteiger partial charge in [0.05, 0.1) is 11.0 Å². The highest BCUT2D eigenvalue weighted by Crippen LogP contribution is 2.35. The number of rotatable bonds is 1. The summed E-state index contributed by atoms with van der Waals surface area (Å²) < 4.78 is 5.15. The SMILES string of the molecule is CC1OC1C(C)(C)Cl. The molecule has 0 N–H and O–H groups in total. The maximum atomic E-state index is 5.90. The fourth-order valence-corrected chi connectivity index (χ4v) is 1.13. The van der Waals surface area contributed by atoms with Crippen molar-refractivity contribution in [2.45, 2.75) is 37.9 Å². The lowest BCUT2D eigenvalue weighted by Gasteiger charge is -2.09. The fraction of sp³-hybridized carbons (Fsp3) is 1.00. The molecule has 1 rings (SSSR count). The van der Waals surface area contributed by atoms with Crippen molar-refractivity contribution in [1.29, 1.82) is 0 Å². The molecule has 48 valence electrons. The fourth-order valence-electron chi connectivity index (χ4n) is 0.906. The number of alkyl halides is 1. The van der Waals surface area contributed by atoms with Crippen molar-refractivity contribution < 1.29 is 4.74 Å². The van der Waals surface area contributed by atoms with E-state index in [1.807, 2.05) is 20.8 Å². The van der Waals surface area contributed by atoms with Crippen LogP contribution in [0.1, 0.15) is 20.8 Å². The summed E-state index contributed by atoms with van der Waals surface area (Å²) >= 11 is 5.90. The molecule has 0 saturated carbocycles. The Morgan fingerprint density at radius 1 is 1.50 bits per heavy atom. The third-order valence-corrected chi connectivity index (χ3v) is 1.60. The molecular formula is C6H11ClO. The van der Waals surface area contributed by atoms with E-state index in [4.69, 9.17) is 16.3 Å². The third-order valence-electron chi connectivity index (χ3n) is 1.39. The van der Waals surface area contributed by atoms with Gasteiger partial charge in [0.25, 0.3) is 0 Å². The molecular weight excluding hydrogens is 124 g/mol. The summed E-state index contributed by atoms with van der Waals surface area (Å²) in [6.45, 7) is 5.99. The Bertz CT molecular complexity index is 95.2. The maximum Gasteiger partial charge on any atom is 0.102 e. The van der Waals surface area contributed by atoms with Crippen LogP contribution in [0.3, 0.4) is 0 Å². The van der Waals surface area contributed by atoms with Gasteiger partial charge < -0.3 is 4.74 Å². The highest BCUT2D eigenvalue weighted by Gasteiger charge is 2.45. The third kappa shape index (κ3) is 1.15. The van der Waals surface area contributed by atoms with Crippen LogP contribution in [0.4, 0.5) is 0 Å². The Hall–Kier alpha value is 0.250. The second-order valence-electron chi connectivity index (χ2n) is 2.83. The molecule has 0 aromatic heterocycles. The van der Waals surface area contributed by atoms with Gasteiger partial charge in [0.2, 0.25) is 0 Å². The van der Waals surface area contributed by atoms with Crippen molar-refractivity contribution in [3.63, 3.8) is 0 Å². The van der Waals surface area contributed by atoms with E-state index in [1.165, 1.54) is 0 Å². The van der Waals surface area contributed by atoms with Crippen molar-refractivity contribution in [3.05, 3.63) is 0 Å². The number of ether oxygens (including phenoxy) is 1. The Balaban J connectivity index is 2.39. The molecule has 0 aromatic rings. The van der Waals surface area contributed by atoms with Crippen LogP contribution in [0.2, 0.25) is 0 Å². The summed E-state index contributed by atoms with van der Waals surface area (Å²) in [5.41, 5.74) is 0. The second kappa shape index (κ2) is 1.61. The summed E-state index contributed by atoms with van der Waals surface area (Å²) in [6, 6.07) is 0. The van der Waals surface area contributed by atoms with Gasteiger partial charge >= 0.3 is 0 Å². The van der Waals surface area contributed by atoms with Gasteiger partial charge in [-0.25, -0.2) is 0 Å². The molecule has 1 saturated heterocycles. The predicted octanol–water partition coefficient (Wildman–Crippen LogP) is 1.79. The van der Waals surface area contributed by atoms with Gasteiger partial charge in [-0.2, -0.15) is 0 Å². The largest absolute Gasteiger partial charge is 0.368 e. The van der Waals surface area contributed by atoms with Crippen molar-refractivity contribution >= 4 is 11.6 Å². The van der Waals surface area contributed by atoms with Crippen LogP contribution in [-0.4, -0.2) is 17.1 Å². The number of halogens is 1. The van der Waals surface area contributed by atoms with E-state index in [0.29, 0.717) is 6.10 Å². The van der Waals surface area contributed by atoms with Crippen LogP contribution in [0, 0.1) is 0 Å². The van der Waals surface area contributed by atoms with Gasteiger partial charge in [0.1, 0.15) is 6.10 Å². The first-order valence-electron chi connectivity index (χ1n) is 2.86. The van der Waals surface area contributed by atoms with Crippen LogP contribution in [0.25, 0.3) is 0 Å². The van der Waals surface area contributed by atoms with Gasteiger partial charge in [0.15, 0.2) is 0 Å². The van der Waals surface area contributed by atoms with Gasteiger partial charge in [-0.15, -0.1) is 11.6 Å². The first-order chi connectivity index (χ1) is 3.52. The summed E-state index contributed by atoms with van der Waals surface area (Å²) in [7, 11) is 0. The lowest BCUT2D eigenvalue weighted by Crippen LogP contribution is -2.20. The highest BCUT2D eigenvalue weighted by molar-refractivity contribution is 6.24. The van der Waals surface area contributed by atoms with Crippen LogP contribution in [0.15, 0.2) is 0 Å². The molecule has 0 radical (unpaired) electrons. The zero-order chi connectivity index (χ0) is 6.36. The second-order valence-corrected chi connectivity index (χ2v) is 3.80. The molecule has 0 aliphatic carbocycles. The topological polar surface area (TPSA) is 12.5 Å². The number of epoxide rings is 1. The molecule has 2 unspecified atom stereocenters. The van der Waals surface area contributed by atoms with Crippen LogP contribution < -0.4 is 0 Å². The average molecular weight is 135 g/mol. The molecule has 2 atom stereocenters. The van der Waals surface area contributed by atoms with Crippen LogP contribution in [0.5, 0.6) is 0 Å². The summed E-state index contributed by atoms with van der Waals surface area (Å²) in [5.74, 6) is 0. The van der Waals surface area contributed by atoms with E-state index >= 15 is 0 Å². The summed E-state index contributed by atoms with van der Waals surface area (Å²) in [5, 5.41) is 0. The summed E-state index contributed by atoms with van der Waals surface area (Å²) in [6.07, 6.45) is 0.659. The maximum absolute atomic E-state index is 5.90. The average Bonchev–Trinajstić information content (AvgIpc) is 2.13. The first kappa shape index (κ1) is 6.37. The molecule has 8 heavy (non-hydrogen) atoms. The lowest BCUT2D eigenvalue weighted by atomic mass is 10.1. The van der Waals surface area contributed by atoms with E-state index in [-0.39, 0.29) is 11.0 Å². The molecule has 1 aliphatic heterocycles. The predicted molar refractivity (Wildman–Crippen MR) is 34.3 cm³/mol. The van der Waals surface area contributed by atoms with E-state index in [0.717, 1.165) is 0 Å². The van der Waals surface area contributed by atoms with E-state index in [9.17, 15) is 0 Å². The van der Waals surface area contributed by atoms with E-state index in [2.05, 4.69) is 0 Å². The van der Waals surface area contributed by atoms with Gasteiger partial charge in [-0.1, -0.05) is 0 Å². The van der Waals surface area contributed by atoms with Gasteiger partial charge in [-0.05, 0) is 20.8 Å². The van der Waals surface area contributed by atoms with Crippen molar-refractivity contribution in [1.82, 2.24) is 0 Å². The Kier molecular flexibility index (Phi) is 1.28. The molecule has 1 fully saturated rings. The quantitative estimate of drug-likeness (QED) is 0.394. The van der Waals surface area contributed by atoms with Crippen molar-refractivity contribution in [2.75, 3.05) is 0 Å². The zero-order valence-corrected chi connectivity index (χ0v) is 6.20. The van der Waals surface area contributed by atoms with E-state index in [1.54, 1.807) is 0 Å².